The van der Waals surface area contributed by atoms with Crippen LogP contribution in [0.25, 0.3) is 5.69 Å². The maximum Gasteiger partial charge on any atom is 0.416 e. The first-order valence-electron chi connectivity index (χ1n) is 8.93. The van der Waals surface area contributed by atoms with E-state index in [0.29, 0.717) is 27.7 Å². The number of amides is 1. The Labute approximate surface area is 171 Å². The Morgan fingerprint density at radius 2 is 1.87 bits per heavy atom. The topological polar surface area (TPSA) is 102 Å². The number of rotatable bonds is 4. The van der Waals surface area contributed by atoms with Crippen molar-refractivity contribution in [2.75, 3.05) is 6.79 Å². The monoisotopic (exact) mass is 433 g/mol. The summed E-state index contributed by atoms with van der Waals surface area (Å²) >= 11 is 0. The van der Waals surface area contributed by atoms with Crippen molar-refractivity contribution in [2.45, 2.75) is 12.7 Å². The van der Waals surface area contributed by atoms with E-state index in [0.717, 1.165) is 18.3 Å². The van der Waals surface area contributed by atoms with Crippen LogP contribution in [0.4, 0.5) is 13.2 Å². The zero-order chi connectivity index (χ0) is 22.2. The van der Waals surface area contributed by atoms with E-state index in [-0.39, 0.29) is 19.0 Å². The first kappa shape index (κ1) is 20.3. The van der Waals surface area contributed by atoms with Gasteiger partial charge in [-0.3, -0.25) is 9.59 Å². The average molecular weight is 433 g/mol. The largest absolute Gasteiger partial charge is 0.454 e. The third kappa shape index (κ3) is 4.02. The molecule has 0 saturated carbocycles. The number of alkyl halides is 3. The van der Waals surface area contributed by atoms with E-state index in [9.17, 15) is 27.6 Å². The fourth-order valence-electron chi connectivity index (χ4n) is 3.02. The quantitative estimate of drug-likeness (QED) is 0.657. The fraction of sp³-hybridized carbons (Fsp3) is 0.150. The van der Waals surface area contributed by atoms with Gasteiger partial charge in [0.25, 0.3) is 11.5 Å². The number of aromatic amines is 1. The normalized spacial score (nSPS) is 12.6. The van der Waals surface area contributed by atoms with Gasteiger partial charge in [0.1, 0.15) is 5.56 Å². The molecule has 0 saturated heterocycles. The van der Waals surface area contributed by atoms with E-state index in [2.05, 4.69) is 10.3 Å². The molecule has 0 radical (unpaired) electrons. The molecule has 31 heavy (non-hydrogen) atoms. The smallest absolute Gasteiger partial charge is 0.416 e. The molecular weight excluding hydrogens is 419 g/mol. The molecule has 3 aromatic rings. The van der Waals surface area contributed by atoms with Gasteiger partial charge in [0.2, 0.25) is 6.79 Å². The highest BCUT2D eigenvalue weighted by molar-refractivity contribution is 5.93. The minimum Gasteiger partial charge on any atom is -0.454 e. The molecule has 0 fully saturated rings. The van der Waals surface area contributed by atoms with Crippen LogP contribution in [-0.4, -0.2) is 22.3 Å². The van der Waals surface area contributed by atoms with Gasteiger partial charge in [-0.25, -0.2) is 9.36 Å². The molecule has 1 aliphatic heterocycles. The van der Waals surface area contributed by atoms with Crippen molar-refractivity contribution >= 4 is 5.91 Å². The number of fused-ring (bicyclic) bond motifs is 1. The van der Waals surface area contributed by atoms with Crippen LogP contribution in [-0.2, 0) is 12.7 Å². The van der Waals surface area contributed by atoms with Crippen LogP contribution in [0, 0.1) is 0 Å². The van der Waals surface area contributed by atoms with Crippen LogP contribution in [0.1, 0.15) is 21.5 Å². The summed E-state index contributed by atoms with van der Waals surface area (Å²) in [7, 11) is 0. The number of H-pyrrole nitrogens is 1. The summed E-state index contributed by atoms with van der Waals surface area (Å²) < 4.78 is 49.9. The van der Waals surface area contributed by atoms with E-state index in [4.69, 9.17) is 9.47 Å². The molecule has 2 aromatic carbocycles. The fourth-order valence-corrected chi connectivity index (χ4v) is 3.02. The van der Waals surface area contributed by atoms with Gasteiger partial charge in [-0.2, -0.15) is 13.2 Å². The number of nitrogens with zero attached hydrogens (tertiary/aromatic N) is 1. The molecule has 0 atom stereocenters. The van der Waals surface area contributed by atoms with Gasteiger partial charge in [0.15, 0.2) is 11.5 Å². The number of hydrogen-bond donors (Lipinski definition) is 2. The molecule has 2 N–H and O–H groups in total. The number of hydrogen-bond acceptors (Lipinski definition) is 5. The van der Waals surface area contributed by atoms with Crippen LogP contribution >= 0.6 is 0 Å². The van der Waals surface area contributed by atoms with Gasteiger partial charge in [0, 0.05) is 12.7 Å². The van der Waals surface area contributed by atoms with Crippen LogP contribution in [0.15, 0.2) is 58.3 Å². The van der Waals surface area contributed by atoms with Crippen LogP contribution in [0.5, 0.6) is 11.5 Å². The predicted molar refractivity (Wildman–Crippen MR) is 101 cm³/mol. The Bertz CT molecular complexity index is 1280. The molecule has 1 aromatic heterocycles. The van der Waals surface area contributed by atoms with E-state index in [1.54, 1.807) is 18.2 Å². The van der Waals surface area contributed by atoms with E-state index < -0.39 is 34.5 Å². The highest BCUT2D eigenvalue weighted by Crippen LogP contribution is 2.32. The molecular formula is C20H14F3N3O5. The lowest BCUT2D eigenvalue weighted by Gasteiger charge is -2.11. The van der Waals surface area contributed by atoms with Crippen molar-refractivity contribution in [1.82, 2.24) is 14.9 Å². The Morgan fingerprint density at radius 1 is 1.10 bits per heavy atom. The lowest BCUT2D eigenvalue weighted by atomic mass is 10.2. The van der Waals surface area contributed by atoms with Gasteiger partial charge in [-0.15, -0.1) is 0 Å². The molecule has 8 nitrogen and oxygen atoms in total. The molecule has 11 heteroatoms. The predicted octanol–water partition coefficient (Wildman–Crippen LogP) is 2.20. The minimum atomic E-state index is -4.66. The first-order chi connectivity index (χ1) is 14.7. The van der Waals surface area contributed by atoms with Crippen LogP contribution in [0.2, 0.25) is 0 Å². The lowest BCUT2D eigenvalue weighted by molar-refractivity contribution is -0.137. The molecule has 1 amide bonds. The molecule has 2 heterocycles. The van der Waals surface area contributed by atoms with Crippen LogP contribution in [0.3, 0.4) is 0 Å². The highest BCUT2D eigenvalue weighted by Gasteiger charge is 2.31. The summed E-state index contributed by atoms with van der Waals surface area (Å²) in [6.45, 7) is 0.134. The second-order valence-electron chi connectivity index (χ2n) is 6.57. The molecule has 0 spiro atoms. The average Bonchev–Trinajstić information content (AvgIpc) is 3.20. The Balaban J connectivity index is 1.61. The number of carbonyl (C=O) groups is 1. The summed E-state index contributed by atoms with van der Waals surface area (Å²) in [5, 5.41) is 2.53. The number of halogens is 3. The molecule has 0 aliphatic carbocycles. The third-order valence-electron chi connectivity index (χ3n) is 4.54. The highest BCUT2D eigenvalue weighted by atomic mass is 19.4. The number of nitrogens with one attached hydrogen (secondary N) is 2. The summed E-state index contributed by atoms with van der Waals surface area (Å²) in [5.74, 6) is 0.280. The van der Waals surface area contributed by atoms with Crippen molar-refractivity contribution in [1.29, 1.82) is 0 Å². The second kappa shape index (κ2) is 7.67. The van der Waals surface area contributed by atoms with Gasteiger partial charge in [0.05, 0.1) is 11.3 Å². The van der Waals surface area contributed by atoms with Crippen LogP contribution < -0.4 is 26.0 Å². The Kier molecular flexibility index (Phi) is 5.01. The number of benzene rings is 2. The SMILES string of the molecule is O=C(NCc1ccc2c(c1)OCO2)c1c[nH]c(=O)n(-c2cccc(C(F)(F)F)c2)c1=O. The summed E-state index contributed by atoms with van der Waals surface area (Å²) in [4.78, 5) is 39.6. The number of carbonyl (C=O) groups excluding carboxylic acids is 1. The zero-order valence-corrected chi connectivity index (χ0v) is 15.7. The molecule has 160 valence electrons. The molecule has 0 unspecified atom stereocenters. The summed E-state index contributed by atoms with van der Waals surface area (Å²) in [6, 6.07) is 8.73. The third-order valence-corrected chi connectivity index (χ3v) is 4.54. The van der Waals surface area contributed by atoms with Gasteiger partial charge < -0.3 is 19.8 Å². The molecule has 1 aliphatic rings. The van der Waals surface area contributed by atoms with E-state index >= 15 is 0 Å². The van der Waals surface area contributed by atoms with Gasteiger partial charge >= 0.3 is 11.9 Å². The zero-order valence-electron chi connectivity index (χ0n) is 15.7. The van der Waals surface area contributed by atoms with Crippen molar-refractivity contribution in [3.8, 4) is 17.2 Å². The second-order valence-corrected chi connectivity index (χ2v) is 6.57. The number of aromatic nitrogens is 2. The maximum absolute atomic E-state index is 13.0. The minimum absolute atomic E-state index is 0.0393. The first-order valence-corrected chi connectivity index (χ1v) is 8.93. The summed E-state index contributed by atoms with van der Waals surface area (Å²) in [5.41, 5.74) is -3.14. The van der Waals surface area contributed by atoms with Crippen molar-refractivity contribution in [2.24, 2.45) is 0 Å². The Hall–Kier alpha value is -4.02. The van der Waals surface area contributed by atoms with E-state index in [1.165, 1.54) is 6.07 Å². The van der Waals surface area contributed by atoms with Crippen molar-refractivity contribution in [3.05, 3.63) is 86.2 Å². The standard InChI is InChI=1S/C20H14F3N3O5/c21-20(22,23)12-2-1-3-13(7-12)26-18(28)14(9-25-19(26)29)17(27)24-8-11-4-5-15-16(6-11)31-10-30-15/h1-7,9H,8,10H2,(H,24,27)(H,25,29). The van der Waals surface area contributed by atoms with Crippen molar-refractivity contribution < 1.29 is 27.4 Å². The van der Waals surface area contributed by atoms with Gasteiger partial charge in [-0.05, 0) is 35.9 Å². The molecule has 4 rings (SSSR count). The van der Waals surface area contributed by atoms with Gasteiger partial charge in [-0.1, -0.05) is 12.1 Å². The lowest BCUT2D eigenvalue weighted by Crippen LogP contribution is -2.39. The van der Waals surface area contributed by atoms with E-state index in [1.807, 2.05) is 0 Å². The Morgan fingerprint density at radius 3 is 2.65 bits per heavy atom. The summed E-state index contributed by atoms with van der Waals surface area (Å²) in [6.07, 6.45) is -3.74. The van der Waals surface area contributed by atoms with Crippen molar-refractivity contribution in [3.63, 3.8) is 0 Å². The number of ether oxygens (including phenoxy) is 2. The molecule has 0 bridgehead atoms. The maximum atomic E-state index is 13.0.